The van der Waals surface area contributed by atoms with E-state index in [9.17, 15) is 13.6 Å². The minimum absolute atomic E-state index is 0.223. The molecule has 0 aromatic heterocycles. The molecular formula is C8H11F2NO2. The third-order valence-electron chi connectivity index (χ3n) is 2.72. The lowest BCUT2D eigenvalue weighted by Crippen LogP contribution is -2.39. The number of hydrogen-bond donors (Lipinski definition) is 1. The molecule has 0 aromatic carbocycles. The molecule has 0 bridgehead atoms. The first kappa shape index (κ1) is 8.87. The molecule has 1 saturated carbocycles. The summed E-state index contributed by atoms with van der Waals surface area (Å²) in [7, 11) is 0. The Balaban J connectivity index is 1.99. The lowest BCUT2D eigenvalue weighted by atomic mass is 10.2. The molecule has 5 heteroatoms. The molecule has 2 aliphatic rings. The van der Waals surface area contributed by atoms with E-state index in [1.165, 1.54) is 0 Å². The molecule has 1 aliphatic heterocycles. The molecule has 3 nitrogen and oxygen atoms in total. The second-order valence-corrected chi connectivity index (χ2v) is 3.44. The summed E-state index contributed by atoms with van der Waals surface area (Å²) >= 11 is 0. The smallest absolute Gasteiger partial charge is 0.323 e. The summed E-state index contributed by atoms with van der Waals surface area (Å²) in [5.41, 5.74) is 0. The Bertz CT molecular complexity index is 244. The van der Waals surface area contributed by atoms with Crippen LogP contribution in [0.5, 0.6) is 0 Å². The van der Waals surface area contributed by atoms with Crippen molar-refractivity contribution in [3.63, 3.8) is 0 Å². The zero-order valence-corrected chi connectivity index (χ0v) is 7.22. The lowest BCUT2D eigenvalue weighted by molar-refractivity contribution is -0.146. The fraction of sp³-hybridized carbons (Fsp3) is 0.875. The fourth-order valence-electron chi connectivity index (χ4n) is 1.98. The fourth-order valence-corrected chi connectivity index (χ4v) is 1.98. The summed E-state index contributed by atoms with van der Waals surface area (Å²) in [6.45, 7) is 2.12. The van der Waals surface area contributed by atoms with Crippen molar-refractivity contribution in [1.29, 1.82) is 0 Å². The second-order valence-electron chi connectivity index (χ2n) is 3.44. The highest BCUT2D eigenvalue weighted by Crippen LogP contribution is 2.59. The molecule has 13 heavy (non-hydrogen) atoms. The van der Waals surface area contributed by atoms with Crippen molar-refractivity contribution in [3.8, 4) is 0 Å². The number of carbonyl (C=O) groups is 1. The van der Waals surface area contributed by atoms with Gasteiger partial charge in [0.1, 0.15) is 6.04 Å². The van der Waals surface area contributed by atoms with E-state index in [1.807, 2.05) is 0 Å². The largest absolute Gasteiger partial charge is 0.465 e. The first-order chi connectivity index (χ1) is 6.09. The van der Waals surface area contributed by atoms with Gasteiger partial charge in [0.15, 0.2) is 0 Å². The van der Waals surface area contributed by atoms with Gasteiger partial charge < -0.3 is 10.1 Å². The Morgan fingerprint density at radius 2 is 2.38 bits per heavy atom. The van der Waals surface area contributed by atoms with E-state index in [2.05, 4.69) is 10.1 Å². The van der Waals surface area contributed by atoms with Gasteiger partial charge in [-0.1, -0.05) is 0 Å². The first-order valence-corrected chi connectivity index (χ1v) is 4.37. The van der Waals surface area contributed by atoms with Crippen molar-refractivity contribution < 1.29 is 18.3 Å². The predicted octanol–water partition coefficient (Wildman–Crippen LogP) is 0.403. The summed E-state index contributed by atoms with van der Waals surface area (Å²) < 4.78 is 30.4. The molecule has 2 rings (SSSR count). The highest BCUT2D eigenvalue weighted by molar-refractivity contribution is 5.78. The summed E-state index contributed by atoms with van der Waals surface area (Å²) in [5.74, 6) is -4.68. The van der Waals surface area contributed by atoms with Gasteiger partial charge in [0.25, 0.3) is 5.92 Å². The van der Waals surface area contributed by atoms with Crippen molar-refractivity contribution in [2.45, 2.75) is 18.9 Å². The van der Waals surface area contributed by atoms with Gasteiger partial charge in [-0.2, -0.15) is 0 Å². The van der Waals surface area contributed by atoms with Gasteiger partial charge in [0, 0.05) is 12.5 Å². The van der Waals surface area contributed by atoms with E-state index in [0.717, 1.165) is 0 Å². The topological polar surface area (TPSA) is 38.3 Å². The average Bonchev–Trinajstić information content (AvgIpc) is 2.51. The number of fused-ring (bicyclic) bond motifs is 1. The van der Waals surface area contributed by atoms with Crippen LogP contribution in [0.25, 0.3) is 0 Å². The number of alkyl halides is 2. The van der Waals surface area contributed by atoms with Gasteiger partial charge >= 0.3 is 5.97 Å². The van der Waals surface area contributed by atoms with Gasteiger partial charge in [-0.25, -0.2) is 8.78 Å². The number of rotatable bonds is 2. The van der Waals surface area contributed by atoms with E-state index < -0.39 is 29.8 Å². The van der Waals surface area contributed by atoms with Crippen molar-refractivity contribution in [2.75, 3.05) is 13.2 Å². The zero-order chi connectivity index (χ0) is 9.64. The van der Waals surface area contributed by atoms with Crippen LogP contribution in [0.1, 0.15) is 6.92 Å². The van der Waals surface area contributed by atoms with Crippen molar-refractivity contribution in [3.05, 3.63) is 0 Å². The van der Waals surface area contributed by atoms with Gasteiger partial charge in [-0.15, -0.1) is 0 Å². The molecule has 0 radical (unpaired) electrons. The number of carbonyl (C=O) groups excluding carboxylic acids is 1. The molecular weight excluding hydrogens is 180 g/mol. The van der Waals surface area contributed by atoms with Crippen LogP contribution in [-0.2, 0) is 9.53 Å². The Labute approximate surface area is 74.4 Å². The van der Waals surface area contributed by atoms with Crippen LogP contribution in [0.3, 0.4) is 0 Å². The molecule has 3 unspecified atom stereocenters. The monoisotopic (exact) mass is 191 g/mol. The SMILES string of the molecule is CCOC(=O)C1NCC2C1C2(F)F. The zero-order valence-electron chi connectivity index (χ0n) is 7.22. The molecule has 1 heterocycles. The predicted molar refractivity (Wildman–Crippen MR) is 40.4 cm³/mol. The summed E-state index contributed by atoms with van der Waals surface area (Å²) in [5, 5.41) is 2.74. The van der Waals surface area contributed by atoms with Gasteiger partial charge in [0.05, 0.1) is 12.5 Å². The molecule has 1 aliphatic carbocycles. The van der Waals surface area contributed by atoms with Gasteiger partial charge in [0.2, 0.25) is 0 Å². The molecule has 74 valence electrons. The lowest BCUT2D eigenvalue weighted by Gasteiger charge is -2.13. The number of esters is 1. The molecule has 2 fully saturated rings. The van der Waals surface area contributed by atoms with E-state index >= 15 is 0 Å². The number of ether oxygens (including phenoxy) is 1. The minimum Gasteiger partial charge on any atom is -0.465 e. The first-order valence-electron chi connectivity index (χ1n) is 4.37. The normalized spacial score (nSPS) is 39.8. The van der Waals surface area contributed by atoms with Crippen molar-refractivity contribution >= 4 is 5.97 Å². The Kier molecular flexibility index (Phi) is 1.80. The van der Waals surface area contributed by atoms with Crippen LogP contribution < -0.4 is 5.32 Å². The summed E-state index contributed by atoms with van der Waals surface area (Å²) in [6.07, 6.45) is 0. The molecule has 1 saturated heterocycles. The highest BCUT2D eigenvalue weighted by Gasteiger charge is 2.75. The number of nitrogens with one attached hydrogen (secondary N) is 1. The molecule has 0 amide bonds. The molecule has 3 atom stereocenters. The van der Waals surface area contributed by atoms with E-state index in [-0.39, 0.29) is 13.2 Å². The Morgan fingerprint density at radius 1 is 1.69 bits per heavy atom. The van der Waals surface area contributed by atoms with Crippen LogP contribution in [0.2, 0.25) is 0 Å². The minimum atomic E-state index is -2.65. The summed E-state index contributed by atoms with van der Waals surface area (Å²) in [4.78, 5) is 11.2. The van der Waals surface area contributed by atoms with Crippen LogP contribution in [0.4, 0.5) is 8.78 Å². The van der Waals surface area contributed by atoms with Crippen LogP contribution >= 0.6 is 0 Å². The van der Waals surface area contributed by atoms with Crippen LogP contribution in [0, 0.1) is 11.8 Å². The van der Waals surface area contributed by atoms with E-state index in [4.69, 9.17) is 0 Å². The third-order valence-corrected chi connectivity index (χ3v) is 2.72. The molecule has 0 aromatic rings. The quantitative estimate of drug-likeness (QED) is 0.642. The van der Waals surface area contributed by atoms with Crippen LogP contribution in [-0.4, -0.2) is 31.1 Å². The van der Waals surface area contributed by atoms with Crippen molar-refractivity contribution in [2.24, 2.45) is 11.8 Å². The van der Waals surface area contributed by atoms with E-state index in [0.29, 0.717) is 0 Å². The van der Waals surface area contributed by atoms with Crippen molar-refractivity contribution in [1.82, 2.24) is 5.32 Å². The Morgan fingerprint density at radius 3 is 2.85 bits per heavy atom. The van der Waals surface area contributed by atoms with Gasteiger partial charge in [-0.3, -0.25) is 4.79 Å². The maximum atomic E-state index is 12.8. The maximum Gasteiger partial charge on any atom is 0.323 e. The number of piperidine rings is 1. The summed E-state index contributed by atoms with van der Waals surface area (Å²) in [6, 6.07) is -0.792. The number of hydrogen-bond acceptors (Lipinski definition) is 3. The van der Waals surface area contributed by atoms with Gasteiger partial charge in [-0.05, 0) is 6.92 Å². The third kappa shape index (κ3) is 1.14. The average molecular weight is 191 g/mol. The van der Waals surface area contributed by atoms with Crippen LogP contribution in [0.15, 0.2) is 0 Å². The molecule has 1 N–H and O–H groups in total. The second kappa shape index (κ2) is 2.64. The highest BCUT2D eigenvalue weighted by atomic mass is 19.3. The van der Waals surface area contributed by atoms with E-state index in [1.54, 1.807) is 6.92 Å². The Hall–Kier alpha value is -0.710. The maximum absolute atomic E-state index is 12.8. The number of halogens is 2. The standard InChI is InChI=1S/C8H11F2NO2/c1-2-13-7(12)6-5-4(3-11-6)8(5,9)10/h4-6,11H,2-3H2,1H3. The molecule has 0 spiro atoms.